The molecule has 2 rings (SSSR count). The Morgan fingerprint density at radius 3 is 2.60 bits per heavy atom. The maximum absolute atomic E-state index is 4.43. The molecule has 2 aromatic heterocycles. The van der Waals surface area contributed by atoms with E-state index in [1.807, 2.05) is 24.5 Å². The Bertz CT molecular complexity index is 464. The van der Waals surface area contributed by atoms with Gasteiger partial charge in [-0.05, 0) is 24.0 Å². The van der Waals surface area contributed by atoms with E-state index >= 15 is 0 Å². The average molecular weight is 200 g/mol. The van der Waals surface area contributed by atoms with Crippen LogP contribution in [0.3, 0.4) is 0 Å². The van der Waals surface area contributed by atoms with Crippen molar-refractivity contribution >= 4 is 10.9 Å². The molecule has 2 aromatic rings. The third-order valence-corrected chi connectivity index (χ3v) is 2.29. The highest BCUT2D eigenvalue weighted by atomic mass is 14.7. The first-order valence-electron chi connectivity index (χ1n) is 5.25. The molecule has 0 N–H and O–H groups in total. The highest BCUT2D eigenvalue weighted by Gasteiger charge is 2.14. The molecule has 2 heterocycles. The Balaban J connectivity index is 2.52. The third kappa shape index (κ3) is 2.32. The van der Waals surface area contributed by atoms with Crippen LogP contribution >= 0.6 is 0 Å². The molecule has 0 spiro atoms. The lowest BCUT2D eigenvalue weighted by Gasteiger charge is -2.17. The minimum absolute atomic E-state index is 0.249. The molecule has 0 atom stereocenters. The van der Waals surface area contributed by atoms with Crippen LogP contribution < -0.4 is 0 Å². The second kappa shape index (κ2) is 3.61. The van der Waals surface area contributed by atoms with Gasteiger partial charge in [0.15, 0.2) is 0 Å². The molecular formula is C13H16N2. The SMILES string of the molecule is CC(C)(C)Cc1nccc2cccnc12. The fourth-order valence-electron chi connectivity index (χ4n) is 1.69. The summed E-state index contributed by atoms with van der Waals surface area (Å²) in [7, 11) is 0. The highest BCUT2D eigenvalue weighted by Crippen LogP contribution is 2.23. The predicted molar refractivity (Wildman–Crippen MR) is 62.7 cm³/mol. The Morgan fingerprint density at radius 1 is 1.07 bits per heavy atom. The van der Waals surface area contributed by atoms with E-state index in [0.29, 0.717) is 0 Å². The van der Waals surface area contributed by atoms with Crippen molar-refractivity contribution in [1.82, 2.24) is 9.97 Å². The summed E-state index contributed by atoms with van der Waals surface area (Å²) in [6.45, 7) is 6.66. The minimum atomic E-state index is 0.249. The van der Waals surface area contributed by atoms with Crippen molar-refractivity contribution in [3.8, 4) is 0 Å². The summed E-state index contributed by atoms with van der Waals surface area (Å²) in [5.74, 6) is 0. The zero-order valence-corrected chi connectivity index (χ0v) is 9.49. The second-order valence-corrected chi connectivity index (χ2v) is 5.07. The first kappa shape index (κ1) is 10.1. The Labute approximate surface area is 90.4 Å². The summed E-state index contributed by atoms with van der Waals surface area (Å²) < 4.78 is 0. The van der Waals surface area contributed by atoms with E-state index in [2.05, 4.69) is 36.8 Å². The quantitative estimate of drug-likeness (QED) is 0.706. The van der Waals surface area contributed by atoms with E-state index in [1.165, 1.54) is 5.39 Å². The zero-order chi connectivity index (χ0) is 10.9. The largest absolute Gasteiger partial charge is 0.259 e. The topological polar surface area (TPSA) is 25.8 Å². The number of aromatic nitrogens is 2. The number of hydrogen-bond donors (Lipinski definition) is 0. The lowest BCUT2D eigenvalue weighted by Crippen LogP contribution is -2.11. The van der Waals surface area contributed by atoms with Gasteiger partial charge in [0.2, 0.25) is 0 Å². The van der Waals surface area contributed by atoms with Crippen molar-refractivity contribution < 1.29 is 0 Å². The lowest BCUT2D eigenvalue weighted by atomic mass is 9.90. The zero-order valence-electron chi connectivity index (χ0n) is 9.49. The van der Waals surface area contributed by atoms with Gasteiger partial charge >= 0.3 is 0 Å². The van der Waals surface area contributed by atoms with Gasteiger partial charge in [0.1, 0.15) is 0 Å². The van der Waals surface area contributed by atoms with Gasteiger partial charge in [-0.2, -0.15) is 0 Å². The van der Waals surface area contributed by atoms with Crippen LogP contribution in [0.2, 0.25) is 0 Å². The summed E-state index contributed by atoms with van der Waals surface area (Å²) in [4.78, 5) is 8.83. The van der Waals surface area contributed by atoms with Gasteiger partial charge in [-0.25, -0.2) is 0 Å². The summed E-state index contributed by atoms with van der Waals surface area (Å²) in [6, 6.07) is 6.05. The molecule has 0 aliphatic carbocycles. The molecule has 15 heavy (non-hydrogen) atoms. The van der Waals surface area contributed by atoms with E-state index < -0.39 is 0 Å². The minimum Gasteiger partial charge on any atom is -0.259 e. The van der Waals surface area contributed by atoms with Gasteiger partial charge in [-0.3, -0.25) is 9.97 Å². The van der Waals surface area contributed by atoms with Crippen molar-refractivity contribution in [3.63, 3.8) is 0 Å². The van der Waals surface area contributed by atoms with Gasteiger partial charge in [-0.1, -0.05) is 26.8 Å². The normalized spacial score (nSPS) is 11.9. The summed E-state index contributed by atoms with van der Waals surface area (Å²) in [6.07, 6.45) is 4.66. The summed E-state index contributed by atoms with van der Waals surface area (Å²) in [5.41, 5.74) is 2.38. The van der Waals surface area contributed by atoms with Crippen LogP contribution in [0.25, 0.3) is 10.9 Å². The lowest BCUT2D eigenvalue weighted by molar-refractivity contribution is 0.407. The van der Waals surface area contributed by atoms with Gasteiger partial charge in [0.05, 0.1) is 11.2 Å². The number of hydrogen-bond acceptors (Lipinski definition) is 2. The number of nitrogens with zero attached hydrogens (tertiary/aromatic N) is 2. The molecule has 0 unspecified atom stereocenters. The monoisotopic (exact) mass is 200 g/mol. The van der Waals surface area contributed by atoms with Gasteiger partial charge in [-0.15, -0.1) is 0 Å². The highest BCUT2D eigenvalue weighted by molar-refractivity contribution is 5.79. The first-order chi connectivity index (χ1) is 7.06. The van der Waals surface area contributed by atoms with Crippen LogP contribution in [0, 0.1) is 5.41 Å². The molecule has 2 heteroatoms. The molecule has 0 aliphatic rings. The molecule has 78 valence electrons. The van der Waals surface area contributed by atoms with E-state index in [-0.39, 0.29) is 5.41 Å². The molecule has 0 amide bonds. The van der Waals surface area contributed by atoms with Crippen molar-refractivity contribution in [2.75, 3.05) is 0 Å². The van der Waals surface area contributed by atoms with Gasteiger partial charge in [0.25, 0.3) is 0 Å². The van der Waals surface area contributed by atoms with Crippen molar-refractivity contribution in [1.29, 1.82) is 0 Å². The smallest absolute Gasteiger partial charge is 0.0917 e. The van der Waals surface area contributed by atoms with Crippen LogP contribution in [-0.2, 0) is 6.42 Å². The van der Waals surface area contributed by atoms with Crippen LogP contribution in [0.5, 0.6) is 0 Å². The van der Waals surface area contributed by atoms with Crippen LogP contribution in [-0.4, -0.2) is 9.97 Å². The summed E-state index contributed by atoms with van der Waals surface area (Å²) in [5, 5.41) is 1.17. The molecule has 2 nitrogen and oxygen atoms in total. The maximum atomic E-state index is 4.43. The standard InChI is InChI=1S/C13H16N2/c1-13(2,3)9-11-12-10(6-8-14-11)5-4-7-15-12/h4-8H,9H2,1-3H3. The fraction of sp³-hybridized carbons (Fsp3) is 0.385. The van der Waals surface area contributed by atoms with E-state index in [1.54, 1.807) is 0 Å². The van der Waals surface area contributed by atoms with Crippen LogP contribution in [0.1, 0.15) is 26.5 Å². The molecule has 0 radical (unpaired) electrons. The molecule has 0 aliphatic heterocycles. The van der Waals surface area contributed by atoms with Crippen molar-refractivity contribution in [2.24, 2.45) is 5.41 Å². The number of fused-ring (bicyclic) bond motifs is 1. The van der Waals surface area contributed by atoms with Crippen molar-refractivity contribution in [3.05, 3.63) is 36.3 Å². The average Bonchev–Trinajstić information content (AvgIpc) is 2.16. The second-order valence-electron chi connectivity index (χ2n) is 5.07. The Kier molecular flexibility index (Phi) is 2.43. The van der Waals surface area contributed by atoms with Crippen LogP contribution in [0.15, 0.2) is 30.6 Å². The third-order valence-electron chi connectivity index (χ3n) is 2.29. The van der Waals surface area contributed by atoms with Crippen LogP contribution in [0.4, 0.5) is 0 Å². The van der Waals surface area contributed by atoms with E-state index in [9.17, 15) is 0 Å². The Morgan fingerprint density at radius 2 is 1.87 bits per heavy atom. The summed E-state index contributed by atoms with van der Waals surface area (Å²) >= 11 is 0. The Hall–Kier alpha value is -1.44. The van der Waals surface area contributed by atoms with Crippen molar-refractivity contribution in [2.45, 2.75) is 27.2 Å². The number of pyridine rings is 2. The molecule has 0 aromatic carbocycles. The molecular weight excluding hydrogens is 184 g/mol. The van der Waals surface area contributed by atoms with Gasteiger partial charge in [0, 0.05) is 17.8 Å². The molecule has 0 fully saturated rings. The van der Waals surface area contributed by atoms with E-state index in [0.717, 1.165) is 17.6 Å². The van der Waals surface area contributed by atoms with E-state index in [4.69, 9.17) is 0 Å². The molecule has 0 bridgehead atoms. The fourth-order valence-corrected chi connectivity index (χ4v) is 1.69. The predicted octanol–water partition coefficient (Wildman–Crippen LogP) is 3.22. The number of rotatable bonds is 1. The maximum Gasteiger partial charge on any atom is 0.0917 e. The molecule has 0 saturated carbocycles. The molecule has 0 saturated heterocycles. The van der Waals surface area contributed by atoms with Gasteiger partial charge < -0.3 is 0 Å². The first-order valence-corrected chi connectivity index (χ1v) is 5.25.